The van der Waals surface area contributed by atoms with Crippen LogP contribution < -0.4 is 9.47 Å². The maximum absolute atomic E-state index is 14.1. The van der Waals surface area contributed by atoms with Crippen molar-refractivity contribution in [3.8, 4) is 22.6 Å². The minimum atomic E-state index is -8.52. The van der Waals surface area contributed by atoms with Gasteiger partial charge in [0.25, 0.3) is 0 Å². The number of esters is 2. The molecule has 0 N–H and O–H groups in total. The molecular formula is C31H27F15O4. The summed E-state index contributed by atoms with van der Waals surface area (Å²) in [6, 6.07) is 8.63. The van der Waals surface area contributed by atoms with Crippen molar-refractivity contribution in [2.24, 2.45) is 0 Å². The topological polar surface area (TPSA) is 52.6 Å². The second kappa shape index (κ2) is 15.5. The van der Waals surface area contributed by atoms with Gasteiger partial charge in [-0.25, -0.2) is 4.79 Å². The molecule has 0 aliphatic carbocycles. The second-order valence-electron chi connectivity index (χ2n) is 10.8. The summed E-state index contributed by atoms with van der Waals surface area (Å²) in [6.45, 7) is 3.64. The monoisotopic (exact) mass is 748 g/mol. The van der Waals surface area contributed by atoms with Crippen molar-refractivity contribution in [1.82, 2.24) is 0 Å². The van der Waals surface area contributed by atoms with E-state index in [1.54, 1.807) is 0 Å². The molecule has 4 nitrogen and oxygen atoms in total. The first-order chi connectivity index (χ1) is 22.8. The highest BCUT2D eigenvalue weighted by molar-refractivity contribution is 5.81. The Labute approximate surface area is 274 Å². The highest BCUT2D eigenvalue weighted by Crippen LogP contribution is 2.62. The number of carbonyl (C=O) groups excluding carboxylic acids is 2. The Morgan fingerprint density at radius 1 is 0.520 bits per heavy atom. The number of unbranched alkanes of at least 4 members (excludes halogenated alkanes) is 6. The van der Waals surface area contributed by atoms with Gasteiger partial charge >= 0.3 is 53.7 Å². The molecule has 0 bridgehead atoms. The molecule has 280 valence electrons. The molecule has 2 aromatic rings. The quantitative estimate of drug-likeness (QED) is 0.0501. The largest absolute Gasteiger partial charge is 0.460 e. The SMILES string of the molecule is C=CCCCCCCCCC(=O)Oc1ccc(-c2ccc(OC(=O)C(F)(F)C(F)(F)C(F)(F)C(F)(F)C(F)(F)C(F)(F)C(F)(F)F)cc2)cc1. The molecule has 0 saturated carbocycles. The molecule has 0 unspecified atom stereocenters. The van der Waals surface area contributed by atoms with Crippen molar-refractivity contribution in [3.05, 3.63) is 61.2 Å². The average molecular weight is 749 g/mol. The summed E-state index contributed by atoms with van der Waals surface area (Å²) in [5, 5.41) is 0. The summed E-state index contributed by atoms with van der Waals surface area (Å²) < 4.78 is 210. The van der Waals surface area contributed by atoms with Gasteiger partial charge in [0.2, 0.25) is 0 Å². The molecule has 0 fully saturated rings. The van der Waals surface area contributed by atoms with E-state index < -0.39 is 59.4 Å². The molecule has 0 spiro atoms. The number of ether oxygens (including phenoxy) is 2. The first-order valence-electron chi connectivity index (χ1n) is 14.4. The van der Waals surface area contributed by atoms with E-state index in [0.29, 0.717) is 24.1 Å². The molecule has 0 aliphatic rings. The number of allylic oxidation sites excluding steroid dienone is 1. The zero-order valence-corrected chi connectivity index (χ0v) is 25.4. The Balaban J connectivity index is 2.09. The molecule has 0 atom stereocenters. The maximum atomic E-state index is 14.1. The summed E-state index contributed by atoms with van der Waals surface area (Å²) in [6.07, 6.45) is 0.664. The van der Waals surface area contributed by atoms with Crippen LogP contribution in [-0.4, -0.2) is 53.7 Å². The summed E-state index contributed by atoms with van der Waals surface area (Å²) in [5.74, 6) is -54.0. The van der Waals surface area contributed by atoms with Gasteiger partial charge in [-0.1, -0.05) is 56.0 Å². The summed E-state index contributed by atoms with van der Waals surface area (Å²) in [7, 11) is 0. The van der Waals surface area contributed by atoms with Crippen molar-refractivity contribution in [3.63, 3.8) is 0 Å². The summed E-state index contributed by atoms with van der Waals surface area (Å²) in [5.41, 5.74) is 0.515. The van der Waals surface area contributed by atoms with Crippen LogP contribution in [0.5, 0.6) is 11.5 Å². The van der Waals surface area contributed by atoms with Gasteiger partial charge < -0.3 is 9.47 Å². The minimum Gasteiger partial charge on any atom is -0.427 e. The zero-order chi connectivity index (χ0) is 38.4. The van der Waals surface area contributed by atoms with Gasteiger partial charge in [0, 0.05) is 6.42 Å². The Morgan fingerprint density at radius 2 is 0.900 bits per heavy atom. The summed E-state index contributed by atoms with van der Waals surface area (Å²) in [4.78, 5) is 23.8. The van der Waals surface area contributed by atoms with Crippen molar-refractivity contribution in [1.29, 1.82) is 0 Å². The van der Waals surface area contributed by atoms with E-state index in [9.17, 15) is 75.4 Å². The fraction of sp³-hybridized carbons (Fsp3) is 0.484. The van der Waals surface area contributed by atoms with Gasteiger partial charge in [-0.05, 0) is 54.7 Å². The predicted octanol–water partition coefficient (Wildman–Crippen LogP) is 10.8. The summed E-state index contributed by atoms with van der Waals surface area (Å²) >= 11 is 0. The lowest BCUT2D eigenvalue weighted by molar-refractivity contribution is -0.450. The third-order valence-corrected chi connectivity index (χ3v) is 7.11. The molecule has 19 heteroatoms. The first kappa shape index (κ1) is 42.2. The van der Waals surface area contributed by atoms with Crippen LogP contribution in [0.4, 0.5) is 65.9 Å². The molecule has 0 radical (unpaired) electrons. The van der Waals surface area contributed by atoms with Crippen LogP contribution in [0.1, 0.15) is 51.4 Å². The average Bonchev–Trinajstić information content (AvgIpc) is 3.02. The number of hydrogen-bond acceptors (Lipinski definition) is 4. The lowest BCUT2D eigenvalue weighted by Crippen LogP contribution is -2.73. The van der Waals surface area contributed by atoms with Crippen molar-refractivity contribution in [2.45, 2.75) is 93.1 Å². The Morgan fingerprint density at radius 3 is 1.34 bits per heavy atom. The number of halogens is 15. The molecule has 2 aromatic carbocycles. The fourth-order valence-corrected chi connectivity index (χ4v) is 4.14. The number of carbonyl (C=O) groups is 2. The lowest BCUT2D eigenvalue weighted by Gasteiger charge is -2.40. The minimum absolute atomic E-state index is 0.138. The van der Waals surface area contributed by atoms with Gasteiger partial charge in [0.15, 0.2) is 0 Å². The number of alkyl halides is 15. The molecule has 2 rings (SSSR count). The molecule has 0 aliphatic heterocycles. The fourth-order valence-electron chi connectivity index (χ4n) is 4.14. The molecular weight excluding hydrogens is 721 g/mol. The number of benzene rings is 2. The van der Waals surface area contributed by atoms with Gasteiger partial charge in [-0.15, -0.1) is 6.58 Å². The maximum Gasteiger partial charge on any atom is 0.460 e. The second-order valence-corrected chi connectivity index (χ2v) is 10.8. The first-order valence-corrected chi connectivity index (χ1v) is 14.4. The van der Waals surface area contributed by atoms with E-state index in [1.165, 1.54) is 24.3 Å². The highest BCUT2D eigenvalue weighted by atomic mass is 19.4. The molecule has 0 aromatic heterocycles. The Bertz CT molecular complexity index is 1450. The third kappa shape index (κ3) is 8.50. The van der Waals surface area contributed by atoms with E-state index in [1.807, 2.05) is 6.08 Å². The van der Waals surface area contributed by atoms with E-state index >= 15 is 0 Å². The van der Waals surface area contributed by atoms with Crippen LogP contribution in [-0.2, 0) is 9.59 Å². The standard InChI is InChI=1S/C31H27F15O4/c1-2-3-4-5-6-7-8-9-10-23(47)49-21-15-11-19(12-16-21)20-13-17-22(18-14-20)50-24(48)25(32,33)26(34,35)27(36,37)28(38,39)29(40,41)30(42,43)31(44,45)46/h2,11-18H,1,3-10H2. The molecule has 0 amide bonds. The van der Waals surface area contributed by atoms with Crippen LogP contribution in [0.3, 0.4) is 0 Å². The van der Waals surface area contributed by atoms with Gasteiger partial charge in [-0.2, -0.15) is 65.9 Å². The van der Waals surface area contributed by atoms with Gasteiger partial charge in [-0.3, -0.25) is 4.79 Å². The van der Waals surface area contributed by atoms with Crippen molar-refractivity contribution >= 4 is 11.9 Å². The van der Waals surface area contributed by atoms with Crippen LogP contribution in [0, 0.1) is 0 Å². The van der Waals surface area contributed by atoms with E-state index in [4.69, 9.17) is 4.74 Å². The van der Waals surface area contributed by atoms with Crippen molar-refractivity contribution < 1.29 is 84.9 Å². The van der Waals surface area contributed by atoms with Crippen LogP contribution in [0.2, 0.25) is 0 Å². The Kier molecular flexibility index (Phi) is 13.1. The van der Waals surface area contributed by atoms with Crippen molar-refractivity contribution in [2.75, 3.05) is 0 Å². The zero-order valence-electron chi connectivity index (χ0n) is 25.4. The number of hydrogen-bond donors (Lipinski definition) is 0. The highest BCUT2D eigenvalue weighted by Gasteiger charge is 2.94. The van der Waals surface area contributed by atoms with Gasteiger partial charge in [0.05, 0.1) is 0 Å². The third-order valence-electron chi connectivity index (χ3n) is 7.11. The molecule has 50 heavy (non-hydrogen) atoms. The van der Waals surface area contributed by atoms with E-state index in [2.05, 4.69) is 11.3 Å². The van der Waals surface area contributed by atoms with Crippen LogP contribution in [0.15, 0.2) is 61.2 Å². The van der Waals surface area contributed by atoms with E-state index in [0.717, 1.165) is 50.7 Å². The Hall–Kier alpha value is -3.93. The smallest absolute Gasteiger partial charge is 0.427 e. The van der Waals surface area contributed by atoms with E-state index in [-0.39, 0.29) is 17.7 Å². The molecule has 0 heterocycles. The predicted molar refractivity (Wildman–Crippen MR) is 146 cm³/mol. The van der Waals surface area contributed by atoms with Crippen LogP contribution >= 0.6 is 0 Å². The molecule has 0 saturated heterocycles. The normalized spacial score (nSPS) is 13.6. The van der Waals surface area contributed by atoms with Crippen LogP contribution in [0.25, 0.3) is 11.1 Å². The van der Waals surface area contributed by atoms with Gasteiger partial charge in [0.1, 0.15) is 11.5 Å². The lowest BCUT2D eigenvalue weighted by atomic mass is 9.91. The number of rotatable bonds is 18.